The van der Waals surface area contributed by atoms with Crippen molar-refractivity contribution in [1.29, 1.82) is 0 Å². The lowest BCUT2D eigenvalue weighted by atomic mass is 9.79. The molecule has 0 heterocycles. The van der Waals surface area contributed by atoms with E-state index in [4.69, 9.17) is 0 Å². The third-order valence-electron chi connectivity index (χ3n) is 4.67. The maximum atomic E-state index is 9.19. The summed E-state index contributed by atoms with van der Waals surface area (Å²) in [5.74, 6) is 1.31. The van der Waals surface area contributed by atoms with E-state index >= 15 is 0 Å². The Morgan fingerprint density at radius 3 is 2.32 bits per heavy atom. The van der Waals surface area contributed by atoms with Crippen LogP contribution in [-0.2, 0) is 0 Å². The van der Waals surface area contributed by atoms with Gasteiger partial charge in [-0.05, 0) is 56.9 Å². The van der Waals surface area contributed by atoms with E-state index in [0.717, 1.165) is 5.92 Å². The van der Waals surface area contributed by atoms with E-state index in [1.807, 2.05) is 0 Å². The van der Waals surface area contributed by atoms with Gasteiger partial charge >= 0.3 is 0 Å². The second-order valence-corrected chi connectivity index (χ2v) is 6.05. The molecule has 2 N–H and O–H groups in total. The number of aliphatic hydroxyl groups excluding tert-OH is 1. The van der Waals surface area contributed by atoms with Crippen LogP contribution in [0.25, 0.3) is 0 Å². The van der Waals surface area contributed by atoms with Gasteiger partial charge in [0.25, 0.3) is 0 Å². The van der Waals surface area contributed by atoms with Crippen LogP contribution in [0.5, 0.6) is 0 Å². The highest BCUT2D eigenvalue weighted by Gasteiger charge is 2.25. The molecule has 19 heavy (non-hydrogen) atoms. The molecule has 0 radical (unpaired) electrons. The quantitative estimate of drug-likeness (QED) is 0.850. The third kappa shape index (κ3) is 4.05. The normalized spacial score (nSPS) is 26.9. The van der Waals surface area contributed by atoms with Crippen molar-refractivity contribution in [3.8, 4) is 0 Å². The van der Waals surface area contributed by atoms with E-state index < -0.39 is 0 Å². The van der Waals surface area contributed by atoms with E-state index in [0.29, 0.717) is 24.6 Å². The number of rotatable bonds is 5. The number of hydrogen-bond acceptors (Lipinski definition) is 2. The first-order valence-corrected chi connectivity index (χ1v) is 7.62. The lowest BCUT2D eigenvalue weighted by molar-refractivity contribution is 0.151. The number of aliphatic hydroxyl groups is 1. The van der Waals surface area contributed by atoms with Crippen LogP contribution in [0.15, 0.2) is 30.3 Å². The Morgan fingerprint density at radius 2 is 1.74 bits per heavy atom. The summed E-state index contributed by atoms with van der Waals surface area (Å²) in [6, 6.07) is 11.6. The predicted molar refractivity (Wildman–Crippen MR) is 80.0 cm³/mol. The highest BCUT2D eigenvalue weighted by molar-refractivity contribution is 5.18. The molecule has 1 fully saturated rings. The fraction of sp³-hybridized carbons (Fsp3) is 0.647. The van der Waals surface area contributed by atoms with Gasteiger partial charge in [0.15, 0.2) is 0 Å². The van der Waals surface area contributed by atoms with Gasteiger partial charge in [-0.25, -0.2) is 0 Å². The summed E-state index contributed by atoms with van der Waals surface area (Å²) in [6.07, 6.45) is 4.88. The zero-order valence-electron chi connectivity index (χ0n) is 12.2. The first-order chi connectivity index (χ1) is 9.20. The highest BCUT2D eigenvalue weighted by Crippen LogP contribution is 2.31. The molecular weight excluding hydrogens is 234 g/mol. The van der Waals surface area contributed by atoms with Crippen LogP contribution in [0.1, 0.15) is 51.1 Å². The molecule has 0 amide bonds. The number of benzene rings is 1. The molecule has 0 bridgehead atoms. The van der Waals surface area contributed by atoms with Gasteiger partial charge in [-0.15, -0.1) is 0 Å². The zero-order valence-corrected chi connectivity index (χ0v) is 12.2. The molecule has 2 unspecified atom stereocenters. The lowest BCUT2D eigenvalue weighted by Crippen LogP contribution is -2.37. The van der Waals surface area contributed by atoms with Crippen molar-refractivity contribution in [2.75, 3.05) is 6.61 Å². The highest BCUT2D eigenvalue weighted by atomic mass is 16.3. The van der Waals surface area contributed by atoms with E-state index in [1.54, 1.807) is 0 Å². The van der Waals surface area contributed by atoms with Crippen LogP contribution < -0.4 is 5.32 Å². The maximum Gasteiger partial charge on any atom is 0.0459 e. The molecule has 2 atom stereocenters. The minimum Gasteiger partial charge on any atom is -0.396 e. The summed E-state index contributed by atoms with van der Waals surface area (Å²) in [5, 5.41) is 12.9. The Hall–Kier alpha value is -0.860. The number of nitrogens with one attached hydrogen (secondary N) is 1. The molecule has 0 aliphatic heterocycles. The Labute approximate surface area is 117 Å². The van der Waals surface area contributed by atoms with Crippen molar-refractivity contribution in [1.82, 2.24) is 5.32 Å². The second kappa shape index (κ2) is 7.06. The van der Waals surface area contributed by atoms with Gasteiger partial charge in [-0.3, -0.25) is 0 Å². The molecule has 1 saturated carbocycles. The van der Waals surface area contributed by atoms with Gasteiger partial charge in [0.2, 0.25) is 0 Å². The van der Waals surface area contributed by atoms with Gasteiger partial charge in [0.1, 0.15) is 0 Å². The van der Waals surface area contributed by atoms with Gasteiger partial charge < -0.3 is 10.4 Å². The SMILES string of the molecule is CC(NC(C)C1CCC(CO)CC1)c1ccccc1. The third-order valence-corrected chi connectivity index (χ3v) is 4.67. The Kier molecular flexibility index (Phi) is 5.41. The summed E-state index contributed by atoms with van der Waals surface area (Å²) in [4.78, 5) is 0. The summed E-state index contributed by atoms with van der Waals surface area (Å²) in [6.45, 7) is 4.92. The Bertz CT molecular complexity index is 357. The molecule has 1 aliphatic rings. The van der Waals surface area contributed by atoms with Crippen molar-refractivity contribution in [2.45, 2.75) is 51.6 Å². The van der Waals surface area contributed by atoms with Crippen molar-refractivity contribution in [3.63, 3.8) is 0 Å². The topological polar surface area (TPSA) is 32.3 Å². The fourth-order valence-electron chi connectivity index (χ4n) is 3.24. The maximum absolute atomic E-state index is 9.19. The standard InChI is InChI=1S/C17H27NO/c1-13(16-6-4-3-5-7-16)18-14(2)17-10-8-15(12-19)9-11-17/h3-7,13-15,17-19H,8-12H2,1-2H3. The van der Waals surface area contributed by atoms with Crippen LogP contribution in [0.2, 0.25) is 0 Å². The largest absolute Gasteiger partial charge is 0.396 e. The molecule has 1 aromatic rings. The van der Waals surface area contributed by atoms with E-state index in [9.17, 15) is 5.11 Å². The summed E-state index contributed by atoms with van der Waals surface area (Å²) in [7, 11) is 0. The zero-order chi connectivity index (χ0) is 13.7. The van der Waals surface area contributed by atoms with Crippen LogP contribution in [0.4, 0.5) is 0 Å². The average Bonchev–Trinajstić information content (AvgIpc) is 2.48. The Balaban J connectivity index is 1.83. The molecule has 2 nitrogen and oxygen atoms in total. The Morgan fingerprint density at radius 1 is 1.11 bits per heavy atom. The predicted octanol–water partition coefficient (Wildman–Crippen LogP) is 3.52. The van der Waals surface area contributed by atoms with Crippen molar-refractivity contribution in [3.05, 3.63) is 35.9 Å². The van der Waals surface area contributed by atoms with Gasteiger partial charge in [-0.1, -0.05) is 30.3 Å². The first kappa shape index (κ1) is 14.5. The molecular formula is C17H27NO. The van der Waals surface area contributed by atoms with Crippen LogP contribution in [0.3, 0.4) is 0 Å². The second-order valence-electron chi connectivity index (χ2n) is 6.05. The van der Waals surface area contributed by atoms with Crippen molar-refractivity contribution < 1.29 is 5.11 Å². The minimum atomic E-state index is 0.370. The molecule has 1 aromatic carbocycles. The lowest BCUT2D eigenvalue weighted by Gasteiger charge is -2.33. The first-order valence-electron chi connectivity index (χ1n) is 7.62. The molecule has 0 saturated heterocycles. The van der Waals surface area contributed by atoms with Crippen LogP contribution >= 0.6 is 0 Å². The summed E-state index contributed by atoms with van der Waals surface area (Å²) in [5.41, 5.74) is 1.36. The van der Waals surface area contributed by atoms with Gasteiger partial charge in [-0.2, -0.15) is 0 Å². The molecule has 1 aliphatic carbocycles. The number of hydrogen-bond donors (Lipinski definition) is 2. The smallest absolute Gasteiger partial charge is 0.0459 e. The van der Waals surface area contributed by atoms with Crippen molar-refractivity contribution in [2.24, 2.45) is 11.8 Å². The molecule has 106 valence electrons. The monoisotopic (exact) mass is 261 g/mol. The average molecular weight is 261 g/mol. The van der Waals surface area contributed by atoms with Crippen molar-refractivity contribution >= 4 is 0 Å². The van der Waals surface area contributed by atoms with Crippen LogP contribution in [0, 0.1) is 11.8 Å². The minimum absolute atomic E-state index is 0.370. The fourth-order valence-corrected chi connectivity index (χ4v) is 3.24. The molecule has 0 spiro atoms. The summed E-state index contributed by atoms with van der Waals surface area (Å²) >= 11 is 0. The van der Waals surface area contributed by atoms with E-state index in [1.165, 1.54) is 31.2 Å². The van der Waals surface area contributed by atoms with E-state index in [-0.39, 0.29) is 0 Å². The van der Waals surface area contributed by atoms with Crippen LogP contribution in [-0.4, -0.2) is 17.8 Å². The molecule has 2 rings (SSSR count). The molecule has 2 heteroatoms. The van der Waals surface area contributed by atoms with Gasteiger partial charge in [0.05, 0.1) is 0 Å². The van der Waals surface area contributed by atoms with E-state index in [2.05, 4.69) is 49.5 Å². The summed E-state index contributed by atoms with van der Waals surface area (Å²) < 4.78 is 0. The van der Waals surface area contributed by atoms with Gasteiger partial charge in [0, 0.05) is 18.7 Å². The molecule has 0 aromatic heterocycles.